The number of hydrogen-bond donors (Lipinski definition) is 2. The second kappa shape index (κ2) is 11.1. The number of carboxylic acid groups (broad SMARTS) is 1. The molecule has 14 heteroatoms. The topological polar surface area (TPSA) is 131 Å². The number of benzene rings is 3. The first-order valence-corrected chi connectivity index (χ1v) is 16.4. The highest BCUT2D eigenvalue weighted by Crippen LogP contribution is 2.64. The monoisotopic (exact) mass is 674 g/mol. The highest BCUT2D eigenvalue weighted by Gasteiger charge is 2.68. The van der Waals surface area contributed by atoms with Gasteiger partial charge >= 0.3 is 5.97 Å². The molecule has 10 nitrogen and oxygen atoms in total. The van der Waals surface area contributed by atoms with Gasteiger partial charge in [0.15, 0.2) is 0 Å². The smallest absolute Gasteiger partial charge is 0.335 e. The van der Waals surface area contributed by atoms with E-state index in [2.05, 4.69) is 5.32 Å². The Kier molecular flexibility index (Phi) is 7.72. The normalized spacial score (nSPS) is 23.8. The van der Waals surface area contributed by atoms with Crippen molar-refractivity contribution in [1.29, 1.82) is 0 Å². The van der Waals surface area contributed by atoms with Gasteiger partial charge in [-0.1, -0.05) is 48.8 Å². The number of hydrogen-bond acceptors (Lipinski definition) is 7. The molecule has 7 rings (SSSR count). The SMILES string of the molecule is C.CS(=O)(=O)OCCN1[C@H]2CCn3c(nc4cc(C(=O)O)ccc43)[C@H]2[C@H](c2cccc(Cl)c2F)[C@]12C(=O)Nc1cc(Cl)ccc12. The lowest BCUT2D eigenvalue weighted by molar-refractivity contribution is -0.128. The first kappa shape index (κ1) is 31.4. The Hall–Kier alpha value is -3.55. The van der Waals surface area contributed by atoms with Crippen LogP contribution >= 0.6 is 23.2 Å². The summed E-state index contributed by atoms with van der Waals surface area (Å²) in [6.45, 7) is 0.244. The number of rotatable bonds is 6. The second-order valence-corrected chi connectivity index (χ2v) is 13.8. The minimum absolute atomic E-state index is 0. The van der Waals surface area contributed by atoms with E-state index >= 15 is 4.39 Å². The first-order valence-electron chi connectivity index (χ1n) is 13.8. The molecule has 236 valence electrons. The zero-order valence-corrected chi connectivity index (χ0v) is 25.5. The predicted octanol–water partition coefficient (Wildman–Crippen LogP) is 5.60. The number of aromatic nitrogens is 2. The molecule has 45 heavy (non-hydrogen) atoms. The van der Waals surface area contributed by atoms with E-state index in [1.165, 1.54) is 18.2 Å². The number of nitrogens with zero attached hydrogens (tertiary/aromatic N) is 3. The van der Waals surface area contributed by atoms with Crippen molar-refractivity contribution in [2.24, 2.45) is 0 Å². The van der Waals surface area contributed by atoms with Gasteiger partial charge in [0.1, 0.15) is 17.2 Å². The van der Waals surface area contributed by atoms with Crippen LogP contribution in [0.5, 0.6) is 0 Å². The molecule has 1 spiro atoms. The molecule has 2 N–H and O–H groups in total. The molecular formula is C31H29Cl2FN4O6S. The van der Waals surface area contributed by atoms with Crippen LogP contribution in [-0.2, 0) is 31.2 Å². The summed E-state index contributed by atoms with van der Waals surface area (Å²) < 4.78 is 47.2. The van der Waals surface area contributed by atoms with Gasteiger partial charge in [-0.15, -0.1) is 0 Å². The molecule has 1 aromatic heterocycles. The Morgan fingerprint density at radius 3 is 2.71 bits per heavy atom. The lowest BCUT2D eigenvalue weighted by Gasteiger charge is -2.39. The van der Waals surface area contributed by atoms with E-state index in [9.17, 15) is 23.1 Å². The quantitative estimate of drug-likeness (QED) is 0.253. The van der Waals surface area contributed by atoms with Gasteiger partial charge in [0.25, 0.3) is 10.1 Å². The van der Waals surface area contributed by atoms with Crippen molar-refractivity contribution in [3.05, 3.63) is 93.0 Å². The molecule has 1 saturated heterocycles. The molecule has 0 radical (unpaired) electrons. The Balaban J connectivity index is 0.00000357. The van der Waals surface area contributed by atoms with Crippen LogP contribution in [0, 0.1) is 5.82 Å². The van der Waals surface area contributed by atoms with Crippen molar-refractivity contribution in [1.82, 2.24) is 14.5 Å². The molecule has 4 aromatic rings. The zero-order valence-electron chi connectivity index (χ0n) is 23.1. The van der Waals surface area contributed by atoms with Gasteiger partial charge in [0.2, 0.25) is 5.91 Å². The fraction of sp³-hybridized carbons (Fsp3) is 0.323. The van der Waals surface area contributed by atoms with Gasteiger partial charge in [-0.05, 0) is 48.4 Å². The van der Waals surface area contributed by atoms with Crippen molar-refractivity contribution in [2.75, 3.05) is 24.7 Å². The number of nitrogens with one attached hydrogen (secondary N) is 1. The van der Waals surface area contributed by atoms with E-state index in [0.717, 1.165) is 6.26 Å². The van der Waals surface area contributed by atoms with Crippen LogP contribution < -0.4 is 5.32 Å². The van der Waals surface area contributed by atoms with Crippen LogP contribution in [0.1, 0.15) is 53.0 Å². The van der Waals surface area contributed by atoms with E-state index in [1.807, 2.05) is 9.47 Å². The van der Waals surface area contributed by atoms with Crippen LogP contribution in [0.4, 0.5) is 10.1 Å². The van der Waals surface area contributed by atoms with Crippen molar-refractivity contribution < 1.29 is 31.7 Å². The number of aromatic carboxylic acids is 1. The maximum Gasteiger partial charge on any atom is 0.335 e. The fourth-order valence-electron chi connectivity index (χ4n) is 7.50. The Morgan fingerprint density at radius 2 is 1.98 bits per heavy atom. The molecule has 3 aliphatic heterocycles. The minimum Gasteiger partial charge on any atom is -0.478 e. The molecule has 1 fully saturated rings. The summed E-state index contributed by atoms with van der Waals surface area (Å²) in [5, 5.41) is 12.8. The van der Waals surface area contributed by atoms with E-state index in [0.29, 0.717) is 46.1 Å². The largest absolute Gasteiger partial charge is 0.478 e. The summed E-state index contributed by atoms with van der Waals surface area (Å²) in [6.07, 6.45) is 1.45. The number of likely N-dealkylation sites (tertiary alicyclic amines) is 1. The average molecular weight is 676 g/mol. The Bertz CT molecular complexity index is 2000. The van der Waals surface area contributed by atoms with Crippen LogP contribution in [0.25, 0.3) is 11.0 Å². The summed E-state index contributed by atoms with van der Waals surface area (Å²) in [5.41, 5.74) is 0.935. The third-order valence-electron chi connectivity index (χ3n) is 8.98. The van der Waals surface area contributed by atoms with Gasteiger partial charge < -0.3 is 15.0 Å². The zero-order chi connectivity index (χ0) is 31.1. The Morgan fingerprint density at radius 1 is 1.20 bits per heavy atom. The number of carbonyl (C=O) groups excluding carboxylic acids is 1. The Labute approximate surface area is 268 Å². The molecule has 0 unspecified atom stereocenters. The van der Waals surface area contributed by atoms with Gasteiger partial charge in [-0.2, -0.15) is 8.42 Å². The number of aryl methyl sites for hydroxylation is 1. The molecule has 0 saturated carbocycles. The summed E-state index contributed by atoms with van der Waals surface area (Å²) in [5.74, 6) is -3.12. The molecule has 3 aromatic carbocycles. The maximum absolute atomic E-state index is 16.2. The number of anilines is 1. The summed E-state index contributed by atoms with van der Waals surface area (Å²) >= 11 is 12.7. The van der Waals surface area contributed by atoms with Crippen molar-refractivity contribution in [3.8, 4) is 0 Å². The van der Waals surface area contributed by atoms with Crippen LogP contribution in [0.3, 0.4) is 0 Å². The lowest BCUT2D eigenvalue weighted by Crippen LogP contribution is -2.53. The number of fused-ring (bicyclic) bond motifs is 7. The van der Waals surface area contributed by atoms with E-state index in [1.54, 1.807) is 36.4 Å². The van der Waals surface area contributed by atoms with Crippen molar-refractivity contribution in [2.45, 2.75) is 43.8 Å². The van der Waals surface area contributed by atoms with Crippen LogP contribution in [0.2, 0.25) is 10.0 Å². The lowest BCUT2D eigenvalue weighted by atomic mass is 9.70. The van der Waals surface area contributed by atoms with Crippen LogP contribution in [-0.4, -0.2) is 65.3 Å². The van der Waals surface area contributed by atoms with E-state index in [4.69, 9.17) is 32.4 Å². The van der Waals surface area contributed by atoms with Gasteiger partial charge in [-0.25, -0.2) is 14.2 Å². The van der Waals surface area contributed by atoms with Crippen molar-refractivity contribution >= 4 is 61.9 Å². The number of halogens is 3. The maximum atomic E-state index is 16.2. The molecule has 3 aliphatic rings. The number of imidazole rings is 1. The third kappa shape index (κ3) is 4.73. The number of carbonyl (C=O) groups is 2. The molecule has 0 aliphatic carbocycles. The summed E-state index contributed by atoms with van der Waals surface area (Å²) in [7, 11) is -3.80. The molecule has 0 bridgehead atoms. The highest BCUT2D eigenvalue weighted by atomic mass is 35.5. The van der Waals surface area contributed by atoms with Crippen LogP contribution in [0.15, 0.2) is 54.6 Å². The van der Waals surface area contributed by atoms with Gasteiger partial charge in [-0.3, -0.25) is 13.9 Å². The molecule has 4 heterocycles. The second-order valence-electron chi connectivity index (χ2n) is 11.3. The fourth-order valence-corrected chi connectivity index (χ4v) is 8.23. The summed E-state index contributed by atoms with van der Waals surface area (Å²) in [4.78, 5) is 33.0. The first-order chi connectivity index (χ1) is 20.9. The highest BCUT2D eigenvalue weighted by molar-refractivity contribution is 7.85. The standard InChI is InChI=1S/C30H25Cl2FN4O6S.CH4/c1-44(41,42)43-12-11-37-23-9-10-36-22-8-5-15(28(38)39)13-21(22)34-27(36)24(23)25(17-3-2-4-19(32)26(17)33)30(37)18-7-6-16(31)14-20(18)35-29(30)40;/h2-8,13-14,23-25H,9-12H2,1H3,(H,35,40)(H,38,39);1H4/t23-,24+,25-,30+;/m0./s1. The summed E-state index contributed by atoms with van der Waals surface area (Å²) in [6, 6.07) is 14.0. The number of carboxylic acids is 1. The number of amides is 1. The minimum atomic E-state index is -3.80. The van der Waals surface area contributed by atoms with Crippen molar-refractivity contribution in [3.63, 3.8) is 0 Å². The molecule has 4 atom stereocenters. The third-order valence-corrected chi connectivity index (χ3v) is 10.1. The average Bonchev–Trinajstić information content (AvgIpc) is 3.57. The predicted molar refractivity (Wildman–Crippen MR) is 168 cm³/mol. The van der Waals surface area contributed by atoms with E-state index < -0.39 is 51.2 Å². The van der Waals surface area contributed by atoms with Gasteiger partial charge in [0.05, 0.1) is 34.5 Å². The molecule has 1 amide bonds. The molecular weight excluding hydrogens is 646 g/mol. The van der Waals surface area contributed by atoms with E-state index in [-0.39, 0.29) is 36.7 Å². The van der Waals surface area contributed by atoms with Gasteiger partial charge in [0, 0.05) is 47.2 Å².